The van der Waals surface area contributed by atoms with Gasteiger partial charge in [0.15, 0.2) is 0 Å². The summed E-state index contributed by atoms with van der Waals surface area (Å²) in [5.74, 6) is -1.25. The van der Waals surface area contributed by atoms with Gasteiger partial charge in [0.25, 0.3) is 0 Å². The first-order valence-electron chi connectivity index (χ1n) is 6.22. The van der Waals surface area contributed by atoms with Crippen molar-refractivity contribution in [2.45, 2.75) is 18.9 Å². The molecule has 1 aliphatic carbocycles. The molecule has 0 bridgehead atoms. The van der Waals surface area contributed by atoms with E-state index in [1.807, 2.05) is 0 Å². The van der Waals surface area contributed by atoms with Crippen LogP contribution in [0.15, 0.2) is 24.3 Å². The minimum absolute atomic E-state index is 0.0878. The minimum Gasteiger partial charge on any atom is -0.478 e. The lowest BCUT2D eigenvalue weighted by molar-refractivity contribution is -0.120. The lowest BCUT2D eigenvalue weighted by Gasteiger charge is -2.08. The van der Waals surface area contributed by atoms with E-state index < -0.39 is 12.0 Å². The van der Waals surface area contributed by atoms with E-state index in [4.69, 9.17) is 5.11 Å². The second-order valence-corrected chi connectivity index (χ2v) is 4.53. The Labute approximate surface area is 115 Å². The van der Waals surface area contributed by atoms with Crippen LogP contribution in [0.4, 0.5) is 10.5 Å². The van der Waals surface area contributed by atoms with E-state index >= 15 is 0 Å². The Morgan fingerprint density at radius 3 is 2.35 bits per heavy atom. The number of urea groups is 1. The van der Waals surface area contributed by atoms with Gasteiger partial charge in [-0.3, -0.25) is 4.79 Å². The lowest BCUT2D eigenvalue weighted by Crippen LogP contribution is -2.39. The molecule has 0 saturated heterocycles. The van der Waals surface area contributed by atoms with Crippen LogP contribution in [0, 0.1) is 0 Å². The van der Waals surface area contributed by atoms with Crippen LogP contribution < -0.4 is 16.0 Å². The maximum atomic E-state index is 11.5. The normalized spacial score (nSPS) is 13.4. The van der Waals surface area contributed by atoms with Gasteiger partial charge in [-0.05, 0) is 37.1 Å². The third-order valence-corrected chi connectivity index (χ3v) is 2.74. The Bertz CT molecular complexity index is 523. The molecule has 20 heavy (non-hydrogen) atoms. The summed E-state index contributed by atoms with van der Waals surface area (Å²) in [6.07, 6.45) is 1.99. The third kappa shape index (κ3) is 4.27. The molecule has 1 aromatic carbocycles. The maximum absolute atomic E-state index is 11.5. The SMILES string of the molecule is O=C(CNC(=O)Nc1ccc(C(=O)O)cc1)NC1CC1. The van der Waals surface area contributed by atoms with Crippen LogP contribution in [-0.4, -0.2) is 35.6 Å². The van der Waals surface area contributed by atoms with Crippen LogP contribution in [0.3, 0.4) is 0 Å². The number of nitrogens with one attached hydrogen (secondary N) is 3. The predicted molar refractivity (Wildman–Crippen MR) is 71.6 cm³/mol. The van der Waals surface area contributed by atoms with E-state index in [2.05, 4.69) is 16.0 Å². The van der Waals surface area contributed by atoms with Crippen molar-refractivity contribution in [1.29, 1.82) is 0 Å². The smallest absolute Gasteiger partial charge is 0.335 e. The molecule has 0 radical (unpaired) electrons. The van der Waals surface area contributed by atoms with Crippen LogP contribution in [0.25, 0.3) is 0 Å². The third-order valence-electron chi connectivity index (χ3n) is 2.74. The topological polar surface area (TPSA) is 108 Å². The minimum atomic E-state index is -1.03. The molecule has 3 amide bonds. The predicted octanol–water partition coefficient (Wildman–Crippen LogP) is 0.785. The lowest BCUT2D eigenvalue weighted by atomic mass is 10.2. The van der Waals surface area contributed by atoms with Crippen molar-refractivity contribution in [3.63, 3.8) is 0 Å². The van der Waals surface area contributed by atoms with Gasteiger partial charge in [0.05, 0.1) is 12.1 Å². The van der Waals surface area contributed by atoms with E-state index in [1.165, 1.54) is 24.3 Å². The fourth-order valence-corrected chi connectivity index (χ4v) is 1.54. The first-order valence-corrected chi connectivity index (χ1v) is 6.22. The standard InChI is InChI=1S/C13H15N3O4/c17-11(15-9-5-6-9)7-14-13(20)16-10-3-1-8(2-4-10)12(18)19/h1-4,9H,5-7H2,(H,15,17)(H,18,19)(H2,14,16,20). The van der Waals surface area contributed by atoms with Crippen molar-refractivity contribution in [3.8, 4) is 0 Å². The van der Waals surface area contributed by atoms with Gasteiger partial charge in [-0.2, -0.15) is 0 Å². The first kappa shape index (κ1) is 13.9. The molecule has 0 aromatic heterocycles. The molecule has 0 unspecified atom stereocenters. The van der Waals surface area contributed by atoms with E-state index in [9.17, 15) is 14.4 Å². The zero-order chi connectivity index (χ0) is 14.5. The Morgan fingerprint density at radius 1 is 1.15 bits per heavy atom. The van der Waals surface area contributed by atoms with Crippen LogP contribution in [0.5, 0.6) is 0 Å². The Balaban J connectivity index is 1.75. The molecule has 0 heterocycles. The number of carboxylic acid groups (broad SMARTS) is 1. The fourth-order valence-electron chi connectivity index (χ4n) is 1.54. The van der Waals surface area contributed by atoms with E-state index in [-0.39, 0.29) is 24.1 Å². The Kier molecular flexibility index (Phi) is 4.19. The number of benzene rings is 1. The molecule has 7 nitrogen and oxygen atoms in total. The number of rotatable bonds is 5. The molecule has 1 aromatic rings. The summed E-state index contributed by atoms with van der Waals surface area (Å²) in [5, 5.41) is 16.4. The molecule has 4 N–H and O–H groups in total. The van der Waals surface area contributed by atoms with Crippen molar-refractivity contribution >= 4 is 23.6 Å². The van der Waals surface area contributed by atoms with Gasteiger partial charge in [-0.25, -0.2) is 9.59 Å². The zero-order valence-corrected chi connectivity index (χ0v) is 10.7. The molecule has 1 saturated carbocycles. The Hall–Kier alpha value is -2.57. The summed E-state index contributed by atoms with van der Waals surface area (Å²) in [7, 11) is 0. The van der Waals surface area contributed by atoms with Crippen molar-refractivity contribution in [1.82, 2.24) is 10.6 Å². The van der Waals surface area contributed by atoms with Crippen LogP contribution in [0.2, 0.25) is 0 Å². The number of hydrogen-bond acceptors (Lipinski definition) is 3. The fraction of sp³-hybridized carbons (Fsp3) is 0.308. The van der Waals surface area contributed by atoms with Crippen molar-refractivity contribution in [2.75, 3.05) is 11.9 Å². The summed E-state index contributed by atoms with van der Waals surface area (Å²) >= 11 is 0. The zero-order valence-electron chi connectivity index (χ0n) is 10.7. The average molecular weight is 277 g/mol. The van der Waals surface area contributed by atoms with E-state index in [1.54, 1.807) is 0 Å². The highest BCUT2D eigenvalue weighted by Gasteiger charge is 2.23. The number of carbonyl (C=O) groups excluding carboxylic acids is 2. The van der Waals surface area contributed by atoms with Gasteiger partial charge < -0.3 is 21.1 Å². The molecular weight excluding hydrogens is 262 g/mol. The molecule has 0 aliphatic heterocycles. The second kappa shape index (κ2) is 6.05. The number of aromatic carboxylic acids is 1. The summed E-state index contributed by atoms with van der Waals surface area (Å²) in [6, 6.07) is 5.48. The van der Waals surface area contributed by atoms with Crippen LogP contribution in [-0.2, 0) is 4.79 Å². The monoisotopic (exact) mass is 277 g/mol. The maximum Gasteiger partial charge on any atom is 0.335 e. The quantitative estimate of drug-likeness (QED) is 0.638. The van der Waals surface area contributed by atoms with Gasteiger partial charge in [0, 0.05) is 11.7 Å². The molecule has 1 aliphatic rings. The number of amides is 3. The molecular formula is C13H15N3O4. The number of hydrogen-bond donors (Lipinski definition) is 4. The van der Waals surface area contributed by atoms with Gasteiger partial charge in [0.1, 0.15) is 0 Å². The highest BCUT2D eigenvalue weighted by molar-refractivity contribution is 5.93. The van der Waals surface area contributed by atoms with E-state index in [0.717, 1.165) is 12.8 Å². The van der Waals surface area contributed by atoms with Gasteiger partial charge in [-0.15, -0.1) is 0 Å². The van der Waals surface area contributed by atoms with Crippen molar-refractivity contribution in [3.05, 3.63) is 29.8 Å². The van der Waals surface area contributed by atoms with Gasteiger partial charge in [-0.1, -0.05) is 0 Å². The van der Waals surface area contributed by atoms with Crippen molar-refractivity contribution in [2.24, 2.45) is 0 Å². The highest BCUT2D eigenvalue weighted by Crippen LogP contribution is 2.18. The Morgan fingerprint density at radius 2 is 1.80 bits per heavy atom. The average Bonchev–Trinajstić information content (AvgIpc) is 3.21. The van der Waals surface area contributed by atoms with Crippen LogP contribution >= 0.6 is 0 Å². The van der Waals surface area contributed by atoms with Gasteiger partial charge >= 0.3 is 12.0 Å². The summed E-state index contributed by atoms with van der Waals surface area (Å²) in [4.78, 5) is 33.5. The van der Waals surface area contributed by atoms with E-state index in [0.29, 0.717) is 5.69 Å². The molecule has 106 valence electrons. The molecule has 0 spiro atoms. The summed E-state index contributed by atoms with van der Waals surface area (Å²) < 4.78 is 0. The first-order chi connectivity index (χ1) is 9.54. The molecule has 0 atom stereocenters. The largest absolute Gasteiger partial charge is 0.478 e. The highest BCUT2D eigenvalue weighted by atomic mass is 16.4. The number of carboxylic acids is 1. The molecule has 7 heteroatoms. The molecule has 2 rings (SSSR count). The number of carbonyl (C=O) groups is 3. The molecule has 1 fully saturated rings. The van der Waals surface area contributed by atoms with Gasteiger partial charge in [0.2, 0.25) is 5.91 Å². The summed E-state index contributed by atoms with van der Waals surface area (Å²) in [5.41, 5.74) is 0.592. The number of anilines is 1. The summed E-state index contributed by atoms with van der Waals surface area (Å²) in [6.45, 7) is -0.0878. The second-order valence-electron chi connectivity index (χ2n) is 4.53. The van der Waals surface area contributed by atoms with Crippen LogP contribution in [0.1, 0.15) is 23.2 Å². The van der Waals surface area contributed by atoms with Crippen molar-refractivity contribution < 1.29 is 19.5 Å².